The SMILES string of the molecule is CCOc1ccc(OCC)c(C2C(C#N)=C(N)Oc3n[nH]c(C)c32)c1. The van der Waals surface area contributed by atoms with Crippen LogP contribution in [0, 0.1) is 18.3 Å². The summed E-state index contributed by atoms with van der Waals surface area (Å²) in [6.07, 6.45) is 0. The van der Waals surface area contributed by atoms with Gasteiger partial charge in [0.1, 0.15) is 23.1 Å². The molecule has 1 aromatic heterocycles. The summed E-state index contributed by atoms with van der Waals surface area (Å²) in [7, 11) is 0. The number of nitriles is 1. The molecule has 1 aliphatic rings. The highest BCUT2D eigenvalue weighted by Crippen LogP contribution is 2.46. The molecule has 0 spiro atoms. The van der Waals surface area contributed by atoms with Gasteiger partial charge in [-0.1, -0.05) is 0 Å². The summed E-state index contributed by atoms with van der Waals surface area (Å²) in [5.41, 5.74) is 8.68. The monoisotopic (exact) mass is 340 g/mol. The topological polar surface area (TPSA) is 106 Å². The van der Waals surface area contributed by atoms with E-state index >= 15 is 0 Å². The van der Waals surface area contributed by atoms with Crippen LogP contribution in [0.4, 0.5) is 0 Å². The summed E-state index contributed by atoms with van der Waals surface area (Å²) < 4.78 is 16.9. The quantitative estimate of drug-likeness (QED) is 0.867. The third-order valence-corrected chi connectivity index (χ3v) is 4.03. The summed E-state index contributed by atoms with van der Waals surface area (Å²) in [4.78, 5) is 0. The van der Waals surface area contributed by atoms with Crippen molar-refractivity contribution in [2.75, 3.05) is 13.2 Å². The number of rotatable bonds is 5. The van der Waals surface area contributed by atoms with Gasteiger partial charge in [-0.2, -0.15) is 5.26 Å². The van der Waals surface area contributed by atoms with Crippen LogP contribution in [0.1, 0.15) is 36.6 Å². The lowest BCUT2D eigenvalue weighted by Gasteiger charge is -2.25. The average Bonchev–Trinajstić information content (AvgIpc) is 2.96. The van der Waals surface area contributed by atoms with E-state index in [4.69, 9.17) is 19.9 Å². The van der Waals surface area contributed by atoms with E-state index in [1.807, 2.05) is 39.0 Å². The molecule has 1 unspecified atom stereocenters. The summed E-state index contributed by atoms with van der Waals surface area (Å²) in [6.45, 7) is 6.75. The fraction of sp³-hybridized carbons (Fsp3) is 0.333. The number of benzene rings is 1. The van der Waals surface area contributed by atoms with Gasteiger partial charge in [-0.3, -0.25) is 5.10 Å². The molecule has 1 aromatic carbocycles. The Balaban J connectivity index is 2.23. The Bertz CT molecular complexity index is 864. The van der Waals surface area contributed by atoms with Gasteiger partial charge in [0.2, 0.25) is 11.8 Å². The lowest BCUT2D eigenvalue weighted by atomic mass is 9.83. The van der Waals surface area contributed by atoms with Crippen LogP contribution >= 0.6 is 0 Å². The van der Waals surface area contributed by atoms with Gasteiger partial charge in [-0.05, 0) is 39.0 Å². The first kappa shape index (κ1) is 16.7. The minimum atomic E-state index is -0.436. The molecule has 1 aliphatic heterocycles. The van der Waals surface area contributed by atoms with Crippen molar-refractivity contribution in [2.45, 2.75) is 26.7 Å². The molecule has 0 amide bonds. The van der Waals surface area contributed by atoms with Gasteiger partial charge in [0.25, 0.3) is 0 Å². The predicted molar refractivity (Wildman–Crippen MR) is 91.4 cm³/mol. The molecule has 7 nitrogen and oxygen atoms in total. The molecule has 0 bridgehead atoms. The minimum absolute atomic E-state index is 0.0516. The number of ether oxygens (including phenoxy) is 3. The van der Waals surface area contributed by atoms with Gasteiger partial charge < -0.3 is 19.9 Å². The van der Waals surface area contributed by atoms with Gasteiger partial charge in [-0.25, -0.2) is 0 Å². The molecule has 0 saturated heterocycles. The number of allylic oxidation sites excluding steroid dienone is 1. The second-order valence-corrected chi connectivity index (χ2v) is 5.56. The molecule has 0 fully saturated rings. The van der Waals surface area contributed by atoms with E-state index in [9.17, 15) is 5.26 Å². The smallest absolute Gasteiger partial charge is 0.244 e. The van der Waals surface area contributed by atoms with E-state index in [-0.39, 0.29) is 5.88 Å². The van der Waals surface area contributed by atoms with Crippen LogP contribution in [-0.4, -0.2) is 23.4 Å². The Morgan fingerprint density at radius 2 is 2.08 bits per heavy atom. The van der Waals surface area contributed by atoms with Gasteiger partial charge in [0.05, 0.1) is 19.1 Å². The predicted octanol–water partition coefficient (Wildman–Crippen LogP) is 2.73. The second kappa shape index (κ2) is 6.77. The molecule has 0 aliphatic carbocycles. The van der Waals surface area contributed by atoms with Gasteiger partial charge in [-0.15, -0.1) is 5.10 Å². The average molecular weight is 340 g/mol. The van der Waals surface area contributed by atoms with Crippen molar-refractivity contribution in [2.24, 2.45) is 5.73 Å². The summed E-state index contributed by atoms with van der Waals surface area (Å²) in [5, 5.41) is 16.7. The molecule has 2 aromatic rings. The number of hydrogen-bond acceptors (Lipinski definition) is 6. The van der Waals surface area contributed by atoms with E-state index in [1.54, 1.807) is 0 Å². The maximum absolute atomic E-state index is 9.67. The third-order valence-electron chi connectivity index (χ3n) is 4.03. The Hall–Kier alpha value is -3.14. The molecular weight excluding hydrogens is 320 g/mol. The number of nitrogens with one attached hydrogen (secondary N) is 1. The van der Waals surface area contributed by atoms with Crippen LogP contribution < -0.4 is 19.9 Å². The van der Waals surface area contributed by atoms with Crippen molar-refractivity contribution >= 4 is 0 Å². The van der Waals surface area contributed by atoms with E-state index in [0.717, 1.165) is 16.8 Å². The molecule has 130 valence electrons. The number of nitrogens with two attached hydrogens (primary N) is 1. The Labute approximate surface area is 146 Å². The zero-order chi connectivity index (χ0) is 18.0. The molecule has 25 heavy (non-hydrogen) atoms. The number of aromatic nitrogens is 2. The Morgan fingerprint density at radius 3 is 2.76 bits per heavy atom. The van der Waals surface area contributed by atoms with E-state index in [1.165, 1.54) is 0 Å². The van der Waals surface area contributed by atoms with Crippen molar-refractivity contribution in [3.05, 3.63) is 46.5 Å². The highest BCUT2D eigenvalue weighted by molar-refractivity contribution is 5.59. The number of H-pyrrole nitrogens is 1. The zero-order valence-electron chi connectivity index (χ0n) is 14.4. The third kappa shape index (κ3) is 2.87. The van der Waals surface area contributed by atoms with Crippen LogP contribution in [0.5, 0.6) is 17.4 Å². The second-order valence-electron chi connectivity index (χ2n) is 5.56. The van der Waals surface area contributed by atoms with E-state index in [0.29, 0.717) is 36.2 Å². The number of hydrogen-bond donors (Lipinski definition) is 2. The molecule has 3 rings (SSSR count). The number of nitrogens with zero attached hydrogens (tertiary/aromatic N) is 2. The first-order valence-electron chi connectivity index (χ1n) is 8.12. The fourth-order valence-corrected chi connectivity index (χ4v) is 3.01. The number of fused-ring (bicyclic) bond motifs is 1. The molecule has 2 heterocycles. The summed E-state index contributed by atoms with van der Waals surface area (Å²) >= 11 is 0. The van der Waals surface area contributed by atoms with Gasteiger partial charge in [0, 0.05) is 16.8 Å². The van der Waals surface area contributed by atoms with Crippen molar-refractivity contribution in [3.8, 4) is 23.4 Å². The molecule has 1 atom stereocenters. The van der Waals surface area contributed by atoms with Crippen LogP contribution in [-0.2, 0) is 0 Å². The van der Waals surface area contributed by atoms with Crippen LogP contribution in [0.25, 0.3) is 0 Å². The fourth-order valence-electron chi connectivity index (χ4n) is 3.01. The molecule has 0 radical (unpaired) electrons. The van der Waals surface area contributed by atoms with E-state index < -0.39 is 5.92 Å². The minimum Gasteiger partial charge on any atom is -0.494 e. The van der Waals surface area contributed by atoms with Crippen molar-refractivity contribution in [1.82, 2.24) is 10.2 Å². The van der Waals surface area contributed by atoms with E-state index in [2.05, 4.69) is 16.3 Å². The Kier molecular flexibility index (Phi) is 4.52. The molecular formula is C18H20N4O3. The normalized spacial score (nSPS) is 16.0. The number of aromatic amines is 1. The van der Waals surface area contributed by atoms with Crippen molar-refractivity contribution < 1.29 is 14.2 Å². The molecule has 7 heteroatoms. The largest absolute Gasteiger partial charge is 0.494 e. The zero-order valence-corrected chi connectivity index (χ0v) is 14.4. The van der Waals surface area contributed by atoms with Crippen LogP contribution in [0.2, 0.25) is 0 Å². The number of aryl methyl sites for hydroxylation is 1. The highest BCUT2D eigenvalue weighted by Gasteiger charge is 2.36. The molecule has 0 saturated carbocycles. The van der Waals surface area contributed by atoms with Crippen molar-refractivity contribution in [3.63, 3.8) is 0 Å². The summed E-state index contributed by atoms with van der Waals surface area (Å²) in [5.74, 6) is 1.37. The highest BCUT2D eigenvalue weighted by atomic mass is 16.5. The summed E-state index contributed by atoms with van der Waals surface area (Å²) in [6, 6.07) is 7.75. The maximum Gasteiger partial charge on any atom is 0.244 e. The first-order valence-corrected chi connectivity index (χ1v) is 8.12. The van der Waals surface area contributed by atoms with Gasteiger partial charge >= 0.3 is 0 Å². The first-order chi connectivity index (χ1) is 12.1. The standard InChI is InChI=1S/C18H20N4O3/c1-4-23-11-6-7-14(24-5-2)12(8-11)16-13(9-19)17(20)25-18-15(16)10(3)21-22-18/h6-8,16H,4-5,20H2,1-3H3,(H,21,22). The van der Waals surface area contributed by atoms with Crippen LogP contribution in [0.3, 0.4) is 0 Å². The van der Waals surface area contributed by atoms with Crippen LogP contribution in [0.15, 0.2) is 29.7 Å². The lowest BCUT2D eigenvalue weighted by molar-refractivity contribution is 0.325. The lowest BCUT2D eigenvalue weighted by Crippen LogP contribution is -2.21. The molecule has 3 N–H and O–H groups in total. The van der Waals surface area contributed by atoms with Gasteiger partial charge in [0.15, 0.2) is 0 Å². The van der Waals surface area contributed by atoms with Crippen molar-refractivity contribution in [1.29, 1.82) is 5.26 Å². The Morgan fingerprint density at radius 1 is 1.32 bits per heavy atom. The maximum atomic E-state index is 9.67.